The van der Waals surface area contributed by atoms with Gasteiger partial charge < -0.3 is 44.8 Å². The van der Waals surface area contributed by atoms with Gasteiger partial charge in [0.25, 0.3) is 0 Å². The zero-order valence-corrected chi connectivity index (χ0v) is 33.7. The van der Waals surface area contributed by atoms with Crippen LogP contribution in [-0.2, 0) is 18.9 Å². The smallest absolute Gasteiger partial charge is 0.408 e. The standard InChI is InChI=1S/C38H51N6O9PS/c1-8-22-18-38(22,54(48,49)50)43-33(45)30-16-25(19-44(30)34(46)32(37(4,5)6)42-36(47)53-23-11-9-10-12-23)52-31-17-28(29-20-55-35(41-29)39-21(2)3)40-27-15-24(51-7)13-14-26(27)31/h8,13-15,17,20-23,25,30,32H,1,9-12,16,18-19H2,2-7H3,(H,39,41)(H,42,47)(H,43,45)(H2,48,49,50)/t22-,25?,30?,32-,38+/m1/s1. The molecule has 3 aliphatic rings. The van der Waals surface area contributed by atoms with Crippen molar-refractivity contribution in [3.05, 3.63) is 42.3 Å². The highest BCUT2D eigenvalue weighted by Crippen LogP contribution is 2.67. The normalized spacial score (nSPS) is 23.4. The minimum absolute atomic E-state index is 0.00650. The molecule has 15 nitrogen and oxygen atoms in total. The topological polar surface area (TPSA) is 202 Å². The van der Waals surface area contributed by atoms with E-state index in [0.29, 0.717) is 33.8 Å². The van der Waals surface area contributed by atoms with Crippen LogP contribution in [0.4, 0.5) is 9.93 Å². The number of pyridine rings is 1. The first-order valence-corrected chi connectivity index (χ1v) is 21.1. The Morgan fingerprint density at radius 3 is 2.45 bits per heavy atom. The molecule has 2 aliphatic carbocycles. The Morgan fingerprint density at radius 2 is 1.84 bits per heavy atom. The van der Waals surface area contributed by atoms with Gasteiger partial charge in [-0.1, -0.05) is 26.8 Å². The van der Waals surface area contributed by atoms with Gasteiger partial charge in [0.2, 0.25) is 11.8 Å². The Balaban J connectivity index is 1.33. The molecule has 17 heteroatoms. The molecule has 0 spiro atoms. The third-order valence-corrected chi connectivity index (χ3v) is 12.8. The van der Waals surface area contributed by atoms with E-state index in [0.717, 1.165) is 30.8 Å². The van der Waals surface area contributed by atoms with E-state index < -0.39 is 60.3 Å². The molecule has 0 bridgehead atoms. The summed E-state index contributed by atoms with van der Waals surface area (Å²) < 4.78 is 30.5. The van der Waals surface area contributed by atoms with Crippen LogP contribution < -0.4 is 25.4 Å². The number of nitrogens with one attached hydrogen (secondary N) is 3. The maximum absolute atomic E-state index is 14.6. The van der Waals surface area contributed by atoms with Crippen molar-refractivity contribution >= 4 is 52.9 Å². The summed E-state index contributed by atoms with van der Waals surface area (Å²) in [5.74, 6) is -0.933. The fourth-order valence-electron chi connectivity index (χ4n) is 7.32. The number of carbonyl (C=O) groups is 3. The summed E-state index contributed by atoms with van der Waals surface area (Å²) >= 11 is 1.44. The quantitative estimate of drug-likeness (QED) is 0.103. The van der Waals surface area contributed by atoms with Gasteiger partial charge in [0.1, 0.15) is 46.8 Å². The summed E-state index contributed by atoms with van der Waals surface area (Å²) in [6.45, 7) is 13.0. The summed E-state index contributed by atoms with van der Waals surface area (Å²) in [4.78, 5) is 73.4. The number of benzene rings is 1. The van der Waals surface area contributed by atoms with Crippen molar-refractivity contribution in [2.45, 2.75) is 109 Å². The molecule has 5 atom stereocenters. The molecule has 3 heterocycles. The predicted octanol–water partition coefficient (Wildman–Crippen LogP) is 5.82. The second kappa shape index (κ2) is 15.7. The molecule has 3 aromatic rings. The number of hydrogen-bond acceptors (Lipinski definition) is 11. The lowest BCUT2D eigenvalue weighted by Crippen LogP contribution is -2.58. The number of hydrogen-bond donors (Lipinski definition) is 5. The Kier molecular flexibility index (Phi) is 11.6. The van der Waals surface area contributed by atoms with Gasteiger partial charge in [-0.05, 0) is 63.5 Å². The SMILES string of the molecule is C=C[C@@H]1C[C@]1(NC(=O)C1CC(Oc2cc(-c3csc(NC(C)C)n3)nc3cc(OC)ccc23)CN1C(=O)[C@@H](NC(=O)OC1CCCC1)C(C)(C)C)P(=O)(O)O. The first kappa shape index (κ1) is 40.4. The van der Waals surface area contributed by atoms with Gasteiger partial charge in [0.15, 0.2) is 5.13 Å². The molecule has 1 aliphatic heterocycles. The molecule has 2 aromatic heterocycles. The Labute approximate surface area is 324 Å². The van der Waals surface area contributed by atoms with Gasteiger partial charge in [-0.25, -0.2) is 14.8 Å². The second-order valence-electron chi connectivity index (χ2n) is 16.0. The molecular weight excluding hydrogens is 747 g/mol. The zero-order chi connectivity index (χ0) is 39.9. The number of aromatic nitrogens is 2. The zero-order valence-electron chi connectivity index (χ0n) is 32.0. The summed E-state index contributed by atoms with van der Waals surface area (Å²) in [7, 11) is -3.27. The lowest BCUT2D eigenvalue weighted by molar-refractivity contribution is -0.142. The van der Waals surface area contributed by atoms with Crippen molar-refractivity contribution in [3.8, 4) is 22.9 Å². The summed E-state index contributed by atoms with van der Waals surface area (Å²) in [5.41, 5.74) is 0.921. The number of alkyl carbamates (subject to hydrolysis) is 1. The van der Waals surface area contributed by atoms with E-state index in [1.54, 1.807) is 46.1 Å². The van der Waals surface area contributed by atoms with Crippen molar-refractivity contribution in [3.63, 3.8) is 0 Å². The summed E-state index contributed by atoms with van der Waals surface area (Å²) in [6, 6.07) is 5.02. The molecule has 0 radical (unpaired) electrons. The second-order valence-corrected chi connectivity index (χ2v) is 18.7. The largest absolute Gasteiger partial charge is 0.497 e. The van der Waals surface area contributed by atoms with Crippen LogP contribution in [0.3, 0.4) is 0 Å². The van der Waals surface area contributed by atoms with E-state index in [-0.39, 0.29) is 31.5 Å². The van der Waals surface area contributed by atoms with Gasteiger partial charge in [-0.2, -0.15) is 0 Å². The highest BCUT2D eigenvalue weighted by atomic mass is 32.1. The van der Waals surface area contributed by atoms with E-state index in [4.69, 9.17) is 24.2 Å². The molecule has 1 saturated heterocycles. The van der Waals surface area contributed by atoms with Crippen LogP contribution >= 0.6 is 18.9 Å². The van der Waals surface area contributed by atoms with Gasteiger partial charge in [0, 0.05) is 41.3 Å². The minimum Gasteiger partial charge on any atom is -0.497 e. The van der Waals surface area contributed by atoms with E-state index in [2.05, 4.69) is 22.5 Å². The number of likely N-dealkylation sites (tertiary alicyclic amines) is 1. The number of carbonyl (C=O) groups excluding carboxylic acids is 3. The van der Waals surface area contributed by atoms with Gasteiger partial charge in [-0.15, -0.1) is 17.9 Å². The van der Waals surface area contributed by atoms with Crippen LogP contribution in [0, 0.1) is 11.3 Å². The van der Waals surface area contributed by atoms with Gasteiger partial charge in [-0.3, -0.25) is 14.2 Å². The number of methoxy groups -OCH3 is 1. The third-order valence-electron chi connectivity index (χ3n) is 10.4. The highest BCUT2D eigenvalue weighted by Gasteiger charge is 2.66. The lowest BCUT2D eigenvalue weighted by atomic mass is 9.85. The maximum Gasteiger partial charge on any atom is 0.408 e. The predicted molar refractivity (Wildman–Crippen MR) is 209 cm³/mol. The van der Waals surface area contributed by atoms with Crippen LogP contribution in [0.2, 0.25) is 0 Å². The highest BCUT2D eigenvalue weighted by molar-refractivity contribution is 7.54. The number of fused-ring (bicyclic) bond motifs is 1. The van der Waals surface area contributed by atoms with Crippen LogP contribution in [0.5, 0.6) is 11.5 Å². The van der Waals surface area contributed by atoms with Crippen LogP contribution in [0.15, 0.2) is 42.3 Å². The van der Waals surface area contributed by atoms with Gasteiger partial charge >= 0.3 is 13.7 Å². The van der Waals surface area contributed by atoms with Crippen molar-refractivity contribution in [2.75, 3.05) is 19.0 Å². The van der Waals surface area contributed by atoms with Crippen molar-refractivity contribution in [1.82, 2.24) is 25.5 Å². The average Bonchev–Trinajstić information content (AvgIpc) is 3.50. The third kappa shape index (κ3) is 8.77. The van der Waals surface area contributed by atoms with Crippen molar-refractivity contribution in [1.29, 1.82) is 0 Å². The molecule has 1 aromatic carbocycles. The Bertz CT molecular complexity index is 1990. The minimum atomic E-state index is -4.83. The van der Waals surface area contributed by atoms with Gasteiger partial charge in [0.05, 0.1) is 24.9 Å². The van der Waals surface area contributed by atoms with Crippen LogP contribution in [0.25, 0.3) is 22.3 Å². The molecular formula is C38H51N6O9PS. The van der Waals surface area contributed by atoms with E-state index in [1.807, 2.05) is 25.3 Å². The molecule has 5 N–H and O–H groups in total. The number of amides is 3. The van der Waals surface area contributed by atoms with E-state index in [1.165, 1.54) is 22.3 Å². The Hall–Kier alpha value is -4.24. The molecule has 3 amide bonds. The van der Waals surface area contributed by atoms with Crippen LogP contribution in [-0.4, -0.2) is 91.8 Å². The molecule has 3 fully saturated rings. The number of thiazole rings is 1. The number of ether oxygens (including phenoxy) is 3. The number of nitrogens with zero attached hydrogens (tertiary/aromatic N) is 3. The molecule has 55 heavy (non-hydrogen) atoms. The molecule has 298 valence electrons. The Morgan fingerprint density at radius 1 is 1.11 bits per heavy atom. The summed E-state index contributed by atoms with van der Waals surface area (Å²) in [5, 5.41) is 10.1. The molecule has 2 unspecified atom stereocenters. The van der Waals surface area contributed by atoms with Crippen LogP contribution in [0.1, 0.15) is 73.1 Å². The molecule has 2 saturated carbocycles. The van der Waals surface area contributed by atoms with Crippen molar-refractivity contribution in [2.24, 2.45) is 11.3 Å². The first-order valence-electron chi connectivity index (χ1n) is 18.6. The van der Waals surface area contributed by atoms with Crippen molar-refractivity contribution < 1.29 is 42.9 Å². The summed E-state index contributed by atoms with van der Waals surface area (Å²) in [6.07, 6.45) is 3.10. The monoisotopic (exact) mass is 798 g/mol. The maximum atomic E-state index is 14.6. The number of rotatable bonds is 13. The fourth-order valence-corrected chi connectivity index (χ4v) is 9.40. The average molecular weight is 799 g/mol. The first-order chi connectivity index (χ1) is 25.9. The van der Waals surface area contributed by atoms with E-state index >= 15 is 0 Å². The number of anilines is 1. The van der Waals surface area contributed by atoms with E-state index in [9.17, 15) is 28.7 Å². The lowest BCUT2D eigenvalue weighted by Gasteiger charge is -2.35. The molecule has 6 rings (SSSR count). The fraction of sp³-hybridized carbons (Fsp3) is 0.553.